The average Bonchev–Trinajstić information content (AvgIpc) is 3.53. The summed E-state index contributed by atoms with van der Waals surface area (Å²) >= 11 is 0.804. The quantitative estimate of drug-likeness (QED) is 0.291. The van der Waals surface area contributed by atoms with Crippen LogP contribution in [0.2, 0.25) is 0 Å². The van der Waals surface area contributed by atoms with E-state index in [1.807, 2.05) is 4.57 Å². The fourth-order valence-corrected chi connectivity index (χ4v) is 6.10. The van der Waals surface area contributed by atoms with Gasteiger partial charge < -0.3 is 19.7 Å². The molecule has 11 nitrogen and oxygen atoms in total. The second kappa shape index (κ2) is 13.6. The van der Waals surface area contributed by atoms with Gasteiger partial charge in [-0.25, -0.2) is 14.8 Å². The molecule has 15 heteroatoms. The summed E-state index contributed by atoms with van der Waals surface area (Å²) in [6, 6.07) is 6.09. The maximum atomic E-state index is 13.8. The summed E-state index contributed by atoms with van der Waals surface area (Å²) in [5, 5.41) is 6.44. The van der Waals surface area contributed by atoms with E-state index < -0.39 is 29.2 Å². The van der Waals surface area contributed by atoms with Gasteiger partial charge in [0.1, 0.15) is 16.4 Å². The van der Waals surface area contributed by atoms with Gasteiger partial charge in [-0.05, 0) is 37.7 Å². The smallest absolute Gasteiger partial charge is 0.345 e. The second-order valence-corrected chi connectivity index (χ2v) is 12.1. The number of fused-ring (bicyclic) bond motifs is 1. The van der Waals surface area contributed by atoms with Crippen LogP contribution < -0.4 is 16.1 Å². The number of anilines is 1. The molecule has 46 heavy (non-hydrogen) atoms. The predicted molar refractivity (Wildman–Crippen MR) is 172 cm³/mol. The number of urea groups is 1. The van der Waals surface area contributed by atoms with Crippen LogP contribution in [0.15, 0.2) is 46.8 Å². The zero-order chi connectivity index (χ0) is 33.2. The van der Waals surface area contributed by atoms with Gasteiger partial charge >= 0.3 is 12.2 Å². The molecule has 0 aliphatic carbocycles. The molecule has 0 radical (unpaired) electrons. The number of alkyl halides is 3. The lowest BCUT2D eigenvalue weighted by Crippen LogP contribution is -2.45. The third-order valence-corrected chi connectivity index (χ3v) is 8.66. The van der Waals surface area contributed by atoms with Gasteiger partial charge in [0, 0.05) is 94.2 Å². The van der Waals surface area contributed by atoms with Gasteiger partial charge in [0.15, 0.2) is 5.69 Å². The molecule has 244 valence electrons. The number of pyridine rings is 2. The minimum absolute atomic E-state index is 0.0163. The molecule has 0 bridgehead atoms. The van der Waals surface area contributed by atoms with E-state index in [-0.39, 0.29) is 27.3 Å². The minimum atomic E-state index is -4.64. The fraction of sp³-hybridized carbons (Fsp3) is 0.387. The molecule has 1 aromatic carbocycles. The number of carbonyl (C=O) groups is 2. The number of nitrogens with zero attached hydrogens (tertiary/aromatic N) is 6. The van der Waals surface area contributed by atoms with Crippen molar-refractivity contribution in [3.8, 4) is 21.7 Å². The molecular weight excluding hydrogens is 621 g/mol. The first-order valence-corrected chi connectivity index (χ1v) is 15.6. The van der Waals surface area contributed by atoms with Crippen molar-refractivity contribution in [2.75, 3.05) is 65.7 Å². The zero-order valence-electron chi connectivity index (χ0n) is 25.9. The molecule has 1 aliphatic rings. The van der Waals surface area contributed by atoms with E-state index in [0.29, 0.717) is 29.7 Å². The fourth-order valence-electron chi connectivity index (χ4n) is 5.24. The summed E-state index contributed by atoms with van der Waals surface area (Å²) < 4.78 is 42.4. The van der Waals surface area contributed by atoms with E-state index in [0.717, 1.165) is 49.4 Å². The van der Waals surface area contributed by atoms with Gasteiger partial charge in [0.05, 0.1) is 5.52 Å². The van der Waals surface area contributed by atoms with Crippen LogP contribution in [-0.2, 0) is 12.7 Å². The highest BCUT2D eigenvalue weighted by molar-refractivity contribution is 7.13. The summed E-state index contributed by atoms with van der Waals surface area (Å²) in [5.41, 5.74) is 0.321. The molecule has 0 spiro atoms. The summed E-state index contributed by atoms with van der Waals surface area (Å²) in [5.74, 6) is -0.323. The van der Waals surface area contributed by atoms with Crippen LogP contribution in [0, 0.1) is 0 Å². The van der Waals surface area contributed by atoms with Gasteiger partial charge in [-0.3, -0.25) is 19.8 Å². The lowest BCUT2D eigenvalue weighted by molar-refractivity contribution is -0.140. The molecule has 1 aliphatic heterocycles. The maximum absolute atomic E-state index is 13.8. The topological polar surface area (TPSA) is 116 Å². The number of hydrogen-bond donors (Lipinski definition) is 2. The molecule has 0 saturated carbocycles. The number of piperazine rings is 1. The van der Waals surface area contributed by atoms with Gasteiger partial charge in [-0.2, -0.15) is 13.2 Å². The molecule has 4 heterocycles. The Kier molecular flexibility index (Phi) is 9.74. The van der Waals surface area contributed by atoms with E-state index in [2.05, 4.69) is 37.4 Å². The lowest BCUT2D eigenvalue weighted by atomic mass is 9.99. The van der Waals surface area contributed by atoms with E-state index in [9.17, 15) is 27.6 Å². The zero-order valence-corrected chi connectivity index (χ0v) is 26.8. The predicted octanol–water partition coefficient (Wildman–Crippen LogP) is 4.30. The first-order valence-electron chi connectivity index (χ1n) is 14.7. The third kappa shape index (κ3) is 7.21. The van der Waals surface area contributed by atoms with Crippen LogP contribution in [0.4, 0.5) is 23.8 Å². The number of hydrogen-bond acceptors (Lipinski definition) is 8. The molecule has 3 aromatic heterocycles. The standard InChI is InChI=1S/C31H35F3N8O3S/c1-5-35-30(45)38-26-15-20(28-37-25(18-46-28)31(32,33)34)22(16-36-26)19-6-7-24-21(14-19)27(43)23(29(44)39(2)3)17-42(24)13-12-41-10-8-40(4)9-11-41/h6-7,14-18H,5,8-13H2,1-4H3,(H2,35,36,38,45). The first kappa shape index (κ1) is 33.0. The molecule has 1 saturated heterocycles. The van der Waals surface area contributed by atoms with Crippen molar-refractivity contribution >= 4 is 40.0 Å². The molecular formula is C31H35F3N8O3S. The Balaban J connectivity index is 1.62. The lowest BCUT2D eigenvalue weighted by Gasteiger charge is -2.32. The van der Waals surface area contributed by atoms with Crippen LogP contribution in [0.5, 0.6) is 0 Å². The Hall–Kier alpha value is -4.34. The van der Waals surface area contributed by atoms with Crippen LogP contribution in [0.25, 0.3) is 32.6 Å². The second-order valence-electron chi connectivity index (χ2n) is 11.3. The summed E-state index contributed by atoms with van der Waals surface area (Å²) in [4.78, 5) is 53.2. The monoisotopic (exact) mass is 656 g/mol. The van der Waals surface area contributed by atoms with Gasteiger partial charge in [-0.15, -0.1) is 11.3 Å². The summed E-state index contributed by atoms with van der Waals surface area (Å²) in [7, 11) is 5.24. The Labute approximate surface area is 267 Å². The molecule has 0 atom stereocenters. The highest BCUT2D eigenvalue weighted by Gasteiger charge is 2.34. The van der Waals surface area contributed by atoms with Crippen LogP contribution in [0.3, 0.4) is 0 Å². The van der Waals surface area contributed by atoms with Crippen molar-refractivity contribution in [3.05, 3.63) is 63.5 Å². The number of carbonyl (C=O) groups excluding carboxylic acids is 2. The minimum Gasteiger partial charge on any atom is -0.345 e. The van der Waals surface area contributed by atoms with Crippen LogP contribution in [0.1, 0.15) is 23.0 Å². The number of halogens is 3. The van der Waals surface area contributed by atoms with Crippen LogP contribution in [-0.4, -0.2) is 102 Å². The molecule has 2 N–H and O–H groups in total. The first-order chi connectivity index (χ1) is 21.8. The summed E-state index contributed by atoms with van der Waals surface area (Å²) in [6.45, 7) is 7.11. The number of aromatic nitrogens is 3. The van der Waals surface area contributed by atoms with Gasteiger partial charge in [0.2, 0.25) is 5.43 Å². The Morgan fingerprint density at radius 1 is 1.07 bits per heavy atom. The molecule has 0 unspecified atom stereocenters. The number of nitrogens with one attached hydrogen (secondary N) is 2. The molecule has 5 rings (SSSR count). The largest absolute Gasteiger partial charge is 0.434 e. The number of likely N-dealkylation sites (N-methyl/N-ethyl adjacent to an activating group) is 1. The third-order valence-electron chi connectivity index (χ3n) is 7.79. The van der Waals surface area contributed by atoms with E-state index in [1.165, 1.54) is 17.2 Å². The van der Waals surface area contributed by atoms with E-state index in [4.69, 9.17) is 0 Å². The van der Waals surface area contributed by atoms with Gasteiger partial charge in [-0.1, -0.05) is 6.07 Å². The Bertz CT molecular complexity index is 1810. The summed E-state index contributed by atoms with van der Waals surface area (Å²) in [6.07, 6.45) is -1.61. The average molecular weight is 657 g/mol. The number of thiazole rings is 1. The van der Waals surface area contributed by atoms with Crippen molar-refractivity contribution in [1.29, 1.82) is 0 Å². The SMILES string of the molecule is CCNC(=O)Nc1cc(-c2nc(C(F)(F)F)cs2)c(-c2ccc3c(c2)c(=O)c(C(=O)N(C)C)cn3CCN2CCN(C)CC2)cn1. The number of benzene rings is 1. The van der Waals surface area contributed by atoms with E-state index >= 15 is 0 Å². The number of amides is 3. The molecule has 3 amide bonds. The maximum Gasteiger partial charge on any atom is 0.434 e. The van der Waals surface area contributed by atoms with Gasteiger partial charge in [0.25, 0.3) is 5.91 Å². The van der Waals surface area contributed by atoms with Crippen molar-refractivity contribution in [1.82, 2.24) is 34.6 Å². The van der Waals surface area contributed by atoms with Crippen molar-refractivity contribution in [2.45, 2.75) is 19.6 Å². The molecule has 4 aromatic rings. The van der Waals surface area contributed by atoms with Crippen molar-refractivity contribution < 1.29 is 22.8 Å². The van der Waals surface area contributed by atoms with Crippen molar-refractivity contribution in [3.63, 3.8) is 0 Å². The normalized spacial score (nSPS) is 14.4. The highest BCUT2D eigenvalue weighted by Crippen LogP contribution is 2.39. The Morgan fingerprint density at radius 3 is 2.46 bits per heavy atom. The molecule has 1 fully saturated rings. The Morgan fingerprint density at radius 2 is 1.80 bits per heavy atom. The van der Waals surface area contributed by atoms with Crippen LogP contribution >= 0.6 is 11.3 Å². The number of rotatable bonds is 8. The van der Waals surface area contributed by atoms with Crippen molar-refractivity contribution in [2.24, 2.45) is 0 Å². The van der Waals surface area contributed by atoms with E-state index in [1.54, 1.807) is 45.4 Å². The highest BCUT2D eigenvalue weighted by atomic mass is 32.1.